The first-order valence-electron chi connectivity index (χ1n) is 5.78. The number of hydrogen-bond donors (Lipinski definition) is 1. The number of benzene rings is 1. The average Bonchev–Trinajstić information content (AvgIpc) is 2.33. The molecule has 0 saturated carbocycles. The van der Waals surface area contributed by atoms with Gasteiger partial charge in [-0.1, -0.05) is 6.07 Å². The highest BCUT2D eigenvalue weighted by molar-refractivity contribution is 5.91. The molecule has 1 aromatic rings. The third-order valence-corrected chi connectivity index (χ3v) is 2.48. The van der Waals surface area contributed by atoms with Crippen LogP contribution in [0.1, 0.15) is 23.2 Å². The van der Waals surface area contributed by atoms with Gasteiger partial charge in [0.1, 0.15) is 17.1 Å². The van der Waals surface area contributed by atoms with E-state index in [1.54, 1.807) is 14.1 Å². The van der Waals surface area contributed by atoms with Crippen LogP contribution in [-0.2, 0) is 4.79 Å². The monoisotopic (exact) mass is 269 g/mol. The number of aromatic carboxylic acids is 1. The molecular weight excluding hydrogens is 253 g/mol. The highest BCUT2D eigenvalue weighted by atomic mass is 19.1. The van der Waals surface area contributed by atoms with E-state index in [-0.39, 0.29) is 18.3 Å². The SMILES string of the molecule is CN(C)C(=O)CCCOc1cccc(F)c1C(=O)O. The van der Waals surface area contributed by atoms with Gasteiger partial charge in [0.05, 0.1) is 6.61 Å². The molecule has 0 bridgehead atoms. The minimum Gasteiger partial charge on any atom is -0.493 e. The van der Waals surface area contributed by atoms with E-state index < -0.39 is 17.3 Å². The van der Waals surface area contributed by atoms with Gasteiger partial charge in [0.15, 0.2) is 0 Å². The molecular formula is C13H16FNO4. The number of carboxylic acids is 1. The van der Waals surface area contributed by atoms with Gasteiger partial charge in [0.2, 0.25) is 5.91 Å². The normalized spacial score (nSPS) is 10.1. The first-order valence-corrected chi connectivity index (χ1v) is 5.78. The van der Waals surface area contributed by atoms with Gasteiger partial charge in [-0.25, -0.2) is 9.18 Å². The summed E-state index contributed by atoms with van der Waals surface area (Å²) in [6.07, 6.45) is 0.733. The molecule has 0 unspecified atom stereocenters. The number of rotatable bonds is 6. The molecule has 1 amide bonds. The topological polar surface area (TPSA) is 66.8 Å². The van der Waals surface area contributed by atoms with Crippen molar-refractivity contribution >= 4 is 11.9 Å². The van der Waals surface area contributed by atoms with E-state index >= 15 is 0 Å². The molecule has 1 N–H and O–H groups in total. The molecule has 5 nitrogen and oxygen atoms in total. The number of carbonyl (C=O) groups is 2. The number of halogens is 1. The van der Waals surface area contributed by atoms with Crippen LogP contribution in [0.4, 0.5) is 4.39 Å². The van der Waals surface area contributed by atoms with Gasteiger partial charge in [-0.15, -0.1) is 0 Å². The zero-order valence-corrected chi connectivity index (χ0v) is 10.9. The Kier molecular flexibility index (Phi) is 5.29. The highest BCUT2D eigenvalue weighted by Crippen LogP contribution is 2.21. The number of carboxylic acid groups (broad SMARTS) is 1. The van der Waals surface area contributed by atoms with Crippen molar-refractivity contribution in [2.45, 2.75) is 12.8 Å². The molecule has 104 valence electrons. The number of carbonyl (C=O) groups excluding carboxylic acids is 1. The van der Waals surface area contributed by atoms with Crippen LogP contribution in [0.3, 0.4) is 0 Å². The van der Waals surface area contributed by atoms with Gasteiger partial charge < -0.3 is 14.7 Å². The number of hydrogen-bond acceptors (Lipinski definition) is 3. The summed E-state index contributed by atoms with van der Waals surface area (Å²) in [5.41, 5.74) is -0.485. The Bertz CT molecular complexity index is 474. The zero-order chi connectivity index (χ0) is 14.4. The van der Waals surface area contributed by atoms with Gasteiger partial charge in [-0.05, 0) is 18.6 Å². The summed E-state index contributed by atoms with van der Waals surface area (Å²) in [7, 11) is 3.30. The van der Waals surface area contributed by atoms with E-state index in [9.17, 15) is 14.0 Å². The van der Waals surface area contributed by atoms with Crippen molar-refractivity contribution < 1.29 is 23.8 Å². The summed E-state index contributed by atoms with van der Waals surface area (Å²) < 4.78 is 18.5. The van der Waals surface area contributed by atoms with Crippen LogP contribution in [0.5, 0.6) is 5.75 Å². The number of nitrogens with zero attached hydrogens (tertiary/aromatic N) is 1. The lowest BCUT2D eigenvalue weighted by Gasteiger charge is -2.11. The van der Waals surface area contributed by atoms with Crippen molar-refractivity contribution in [2.24, 2.45) is 0 Å². The average molecular weight is 269 g/mol. The molecule has 0 fully saturated rings. The van der Waals surface area contributed by atoms with Crippen molar-refractivity contribution in [1.82, 2.24) is 4.90 Å². The summed E-state index contributed by atoms with van der Waals surface area (Å²) in [4.78, 5) is 23.7. The van der Waals surface area contributed by atoms with E-state index in [0.29, 0.717) is 12.8 Å². The quantitative estimate of drug-likeness (QED) is 0.799. The van der Waals surface area contributed by atoms with Crippen molar-refractivity contribution in [1.29, 1.82) is 0 Å². The summed E-state index contributed by atoms with van der Waals surface area (Å²) in [6.45, 7) is 0.156. The van der Waals surface area contributed by atoms with Gasteiger partial charge >= 0.3 is 5.97 Å². The first-order chi connectivity index (χ1) is 8.93. The molecule has 19 heavy (non-hydrogen) atoms. The Morgan fingerprint density at radius 2 is 2.05 bits per heavy atom. The molecule has 0 aromatic heterocycles. The maximum atomic E-state index is 13.3. The van der Waals surface area contributed by atoms with E-state index in [4.69, 9.17) is 9.84 Å². The molecule has 0 spiro atoms. The second kappa shape index (κ2) is 6.72. The Morgan fingerprint density at radius 3 is 2.63 bits per heavy atom. The summed E-state index contributed by atoms with van der Waals surface area (Å²) in [5, 5.41) is 8.88. The fraction of sp³-hybridized carbons (Fsp3) is 0.385. The van der Waals surface area contributed by atoms with E-state index in [0.717, 1.165) is 6.07 Å². The fourth-order valence-electron chi connectivity index (χ4n) is 1.46. The molecule has 0 atom stereocenters. The second-order valence-electron chi connectivity index (χ2n) is 4.16. The maximum Gasteiger partial charge on any atom is 0.342 e. The van der Waals surface area contributed by atoms with E-state index in [2.05, 4.69) is 0 Å². The van der Waals surface area contributed by atoms with Crippen LogP contribution in [-0.4, -0.2) is 42.6 Å². The van der Waals surface area contributed by atoms with Crippen molar-refractivity contribution in [2.75, 3.05) is 20.7 Å². The molecule has 0 saturated heterocycles. The molecule has 1 aromatic carbocycles. The number of amides is 1. The van der Waals surface area contributed by atoms with Crippen LogP contribution >= 0.6 is 0 Å². The van der Waals surface area contributed by atoms with Crippen molar-refractivity contribution in [3.8, 4) is 5.75 Å². The Morgan fingerprint density at radius 1 is 1.37 bits per heavy atom. The molecule has 0 aliphatic rings. The fourth-order valence-corrected chi connectivity index (χ4v) is 1.46. The molecule has 1 rings (SSSR count). The Hall–Kier alpha value is -2.11. The highest BCUT2D eigenvalue weighted by Gasteiger charge is 2.16. The first kappa shape index (κ1) is 14.9. The third kappa shape index (κ3) is 4.24. The van der Waals surface area contributed by atoms with Crippen LogP contribution in [0, 0.1) is 5.82 Å². The maximum absolute atomic E-state index is 13.3. The van der Waals surface area contributed by atoms with E-state index in [1.807, 2.05) is 0 Å². The Labute approximate surface area is 110 Å². The van der Waals surface area contributed by atoms with Gasteiger partial charge in [-0.2, -0.15) is 0 Å². The summed E-state index contributed by atoms with van der Waals surface area (Å²) in [5.74, 6) is -2.28. The second-order valence-corrected chi connectivity index (χ2v) is 4.16. The van der Waals surface area contributed by atoms with E-state index in [1.165, 1.54) is 17.0 Å². The minimum absolute atomic E-state index is 0.0233. The minimum atomic E-state index is -1.38. The standard InChI is InChI=1S/C13H16FNO4/c1-15(2)11(16)7-4-8-19-10-6-3-5-9(14)12(10)13(17)18/h3,5-6H,4,7-8H2,1-2H3,(H,17,18). The van der Waals surface area contributed by atoms with Crippen LogP contribution < -0.4 is 4.74 Å². The molecule has 0 aliphatic heterocycles. The predicted octanol–water partition coefficient (Wildman–Crippen LogP) is 1.77. The lowest BCUT2D eigenvalue weighted by molar-refractivity contribution is -0.128. The largest absolute Gasteiger partial charge is 0.493 e. The molecule has 6 heteroatoms. The van der Waals surface area contributed by atoms with Gasteiger partial charge in [-0.3, -0.25) is 4.79 Å². The molecule has 0 aliphatic carbocycles. The van der Waals surface area contributed by atoms with Crippen LogP contribution in [0.2, 0.25) is 0 Å². The summed E-state index contributed by atoms with van der Waals surface area (Å²) >= 11 is 0. The molecule has 0 heterocycles. The van der Waals surface area contributed by atoms with Crippen LogP contribution in [0.15, 0.2) is 18.2 Å². The third-order valence-electron chi connectivity index (χ3n) is 2.48. The molecule has 0 radical (unpaired) electrons. The number of ether oxygens (including phenoxy) is 1. The van der Waals surface area contributed by atoms with Crippen LogP contribution in [0.25, 0.3) is 0 Å². The lowest BCUT2D eigenvalue weighted by atomic mass is 10.2. The Balaban J connectivity index is 2.57. The zero-order valence-electron chi connectivity index (χ0n) is 10.9. The smallest absolute Gasteiger partial charge is 0.342 e. The lowest BCUT2D eigenvalue weighted by Crippen LogP contribution is -2.21. The van der Waals surface area contributed by atoms with Crippen molar-refractivity contribution in [3.63, 3.8) is 0 Å². The van der Waals surface area contributed by atoms with Gasteiger partial charge in [0, 0.05) is 20.5 Å². The van der Waals surface area contributed by atoms with Gasteiger partial charge in [0.25, 0.3) is 0 Å². The summed E-state index contributed by atoms with van der Waals surface area (Å²) in [6, 6.07) is 3.83. The predicted molar refractivity (Wildman–Crippen MR) is 66.8 cm³/mol. The van der Waals surface area contributed by atoms with Crippen molar-refractivity contribution in [3.05, 3.63) is 29.6 Å².